The van der Waals surface area contributed by atoms with Crippen LogP contribution in [0.5, 0.6) is 0 Å². The molecule has 0 saturated carbocycles. The first kappa shape index (κ1) is 40.0. The van der Waals surface area contributed by atoms with Crippen molar-refractivity contribution in [2.75, 3.05) is 27.2 Å². The molecule has 282 valence electrons. The third kappa shape index (κ3) is 9.37. The van der Waals surface area contributed by atoms with E-state index in [1.807, 2.05) is 81.4 Å². The summed E-state index contributed by atoms with van der Waals surface area (Å²) in [6.45, 7) is 8.69. The van der Waals surface area contributed by atoms with Gasteiger partial charge in [-0.15, -0.1) is 0 Å². The summed E-state index contributed by atoms with van der Waals surface area (Å²) in [5.41, 5.74) is 0.379. The van der Waals surface area contributed by atoms with Crippen LogP contribution in [0.3, 0.4) is 0 Å². The number of ether oxygens (including phenoxy) is 1. The van der Waals surface area contributed by atoms with Crippen molar-refractivity contribution in [3.05, 3.63) is 71.8 Å². The number of hydrogen-bond acceptors (Lipinski definition) is 7. The minimum atomic E-state index is -1.25. The highest BCUT2D eigenvalue weighted by atomic mass is 16.5. The Morgan fingerprint density at radius 3 is 1.92 bits per heavy atom. The number of cyclic esters (lactones) is 1. The number of rotatable bonds is 7. The highest BCUT2D eigenvalue weighted by Gasteiger charge is 2.45. The van der Waals surface area contributed by atoms with E-state index in [9.17, 15) is 28.8 Å². The molecule has 5 atom stereocenters. The first-order valence-electron chi connectivity index (χ1n) is 18.4. The summed E-state index contributed by atoms with van der Waals surface area (Å²) in [5.74, 6) is -3.37. The van der Waals surface area contributed by atoms with Gasteiger partial charge < -0.3 is 30.1 Å². The van der Waals surface area contributed by atoms with E-state index in [1.54, 1.807) is 27.9 Å². The van der Waals surface area contributed by atoms with Crippen LogP contribution in [0.15, 0.2) is 60.7 Å². The fourth-order valence-electron chi connectivity index (χ4n) is 7.00. The van der Waals surface area contributed by atoms with Crippen LogP contribution in [-0.2, 0) is 46.3 Å². The molecule has 2 saturated heterocycles. The van der Waals surface area contributed by atoms with E-state index < -0.39 is 71.8 Å². The number of nitrogens with zero attached hydrogens (tertiary/aromatic N) is 3. The molecule has 2 N–H and O–H groups in total. The monoisotopic (exact) mass is 717 g/mol. The number of hydrogen-bond donors (Lipinski definition) is 2. The van der Waals surface area contributed by atoms with Gasteiger partial charge in [-0.25, -0.2) is 0 Å². The molecule has 2 aromatic rings. The summed E-state index contributed by atoms with van der Waals surface area (Å²) in [6, 6.07) is 14.7. The number of nitrogens with one attached hydrogen (secondary N) is 2. The van der Waals surface area contributed by atoms with Crippen LogP contribution in [0.25, 0.3) is 0 Å². The van der Waals surface area contributed by atoms with Gasteiger partial charge in [-0.1, -0.05) is 87.9 Å². The van der Waals surface area contributed by atoms with Gasteiger partial charge >= 0.3 is 5.97 Å². The Morgan fingerprint density at radius 2 is 1.37 bits per heavy atom. The molecule has 0 radical (unpaired) electrons. The zero-order valence-corrected chi connectivity index (χ0v) is 31.6. The smallest absolute Gasteiger partial charge is 0.325 e. The molecule has 52 heavy (non-hydrogen) atoms. The van der Waals surface area contributed by atoms with Crippen molar-refractivity contribution in [2.24, 2.45) is 11.3 Å². The molecule has 4 rings (SSSR count). The Hall–Kier alpha value is -4.74. The topological polar surface area (TPSA) is 145 Å². The Kier molecular flexibility index (Phi) is 13.6. The molecular weight excluding hydrogens is 662 g/mol. The van der Waals surface area contributed by atoms with E-state index in [1.165, 1.54) is 14.7 Å². The first-order valence-corrected chi connectivity index (χ1v) is 18.4. The largest absolute Gasteiger partial charge is 0.460 e. The Balaban J connectivity index is 1.80. The van der Waals surface area contributed by atoms with Crippen molar-refractivity contribution < 1.29 is 33.5 Å². The number of fused-ring (bicyclic) bond motifs is 1. The molecule has 2 fully saturated rings. The van der Waals surface area contributed by atoms with Crippen LogP contribution < -0.4 is 10.6 Å². The number of likely N-dealkylation sites (N-methyl/N-ethyl adjacent to an activating group) is 2. The summed E-state index contributed by atoms with van der Waals surface area (Å²) in [7, 11) is 3.10. The molecule has 5 amide bonds. The van der Waals surface area contributed by atoms with Gasteiger partial charge in [0.2, 0.25) is 29.5 Å². The molecule has 0 bridgehead atoms. The first-order chi connectivity index (χ1) is 24.7. The van der Waals surface area contributed by atoms with Crippen LogP contribution >= 0.6 is 0 Å². The minimum absolute atomic E-state index is 0.167. The molecule has 0 aliphatic carbocycles. The quantitative estimate of drug-likeness (QED) is 0.419. The van der Waals surface area contributed by atoms with Crippen LogP contribution in [0.1, 0.15) is 71.4 Å². The van der Waals surface area contributed by atoms with Gasteiger partial charge in [0.1, 0.15) is 36.8 Å². The molecule has 2 aliphatic heterocycles. The van der Waals surface area contributed by atoms with Crippen LogP contribution in [0.4, 0.5) is 0 Å². The predicted octanol–water partition coefficient (Wildman–Crippen LogP) is 3.13. The van der Waals surface area contributed by atoms with E-state index in [0.29, 0.717) is 32.2 Å². The highest BCUT2D eigenvalue weighted by molar-refractivity contribution is 5.97. The van der Waals surface area contributed by atoms with Gasteiger partial charge in [0.15, 0.2) is 0 Å². The van der Waals surface area contributed by atoms with Crippen LogP contribution in [-0.4, -0.2) is 108 Å². The zero-order valence-electron chi connectivity index (χ0n) is 31.6. The molecule has 12 nitrogen and oxygen atoms in total. The third-order valence-corrected chi connectivity index (χ3v) is 10.4. The van der Waals surface area contributed by atoms with E-state index in [-0.39, 0.29) is 24.7 Å². The number of esters is 1. The summed E-state index contributed by atoms with van der Waals surface area (Å²) in [4.78, 5) is 88.7. The SMILES string of the molecule is CCC[C@H]1OC(=O)CNC(=O)[C@H](Cc2ccccc2)N(C)C(=O)[C@@H]2CCCN2C(=O)[C@H](Cc2ccccc2)N(C)C(=O)[C@H](C(C)C)NC(=O)C1(C)C. The fraction of sp³-hybridized carbons (Fsp3) is 0.550. The lowest BCUT2D eigenvalue weighted by Crippen LogP contribution is -2.60. The van der Waals surface area contributed by atoms with Crippen molar-refractivity contribution in [1.82, 2.24) is 25.3 Å². The zero-order chi connectivity index (χ0) is 38.2. The average Bonchev–Trinajstić information content (AvgIpc) is 3.63. The van der Waals surface area contributed by atoms with E-state index in [4.69, 9.17) is 4.74 Å². The molecular formula is C40H55N5O7. The van der Waals surface area contributed by atoms with Crippen molar-refractivity contribution in [3.8, 4) is 0 Å². The number of carbonyl (C=O) groups excluding carboxylic acids is 6. The minimum Gasteiger partial charge on any atom is -0.460 e. The number of benzene rings is 2. The van der Waals surface area contributed by atoms with E-state index in [2.05, 4.69) is 10.6 Å². The van der Waals surface area contributed by atoms with Gasteiger partial charge in [0.25, 0.3) is 0 Å². The average molecular weight is 718 g/mol. The second-order valence-corrected chi connectivity index (χ2v) is 14.9. The molecule has 12 heteroatoms. The standard InChI is InChI=1S/C40H55N5O7/c1-8-16-32-40(4,5)39(51)42-34(26(2)3)38(50)44(7)31(24-28-19-13-10-14-20-28)37(49)45-22-15-21-29(45)36(48)43(6)30(23-27-17-11-9-12-18-27)35(47)41-25-33(46)52-32/h9-14,17-20,26,29-32,34H,8,15-16,21-25H2,1-7H3,(H,41,47)(H,42,51)/t29-,30-,31-,32+,34-/m0/s1. The summed E-state index contributed by atoms with van der Waals surface area (Å²) >= 11 is 0. The molecule has 0 spiro atoms. The highest BCUT2D eigenvalue weighted by Crippen LogP contribution is 2.29. The fourth-order valence-corrected chi connectivity index (χ4v) is 7.00. The second kappa shape index (κ2) is 17.7. The number of carbonyl (C=O) groups is 6. The summed E-state index contributed by atoms with van der Waals surface area (Å²) < 4.78 is 5.85. The van der Waals surface area contributed by atoms with E-state index in [0.717, 1.165) is 11.1 Å². The van der Waals surface area contributed by atoms with E-state index >= 15 is 0 Å². The molecule has 2 aromatic carbocycles. The third-order valence-electron chi connectivity index (χ3n) is 10.4. The van der Waals surface area contributed by atoms with Crippen molar-refractivity contribution >= 4 is 35.5 Å². The van der Waals surface area contributed by atoms with Gasteiger partial charge in [0.05, 0.1) is 5.41 Å². The van der Waals surface area contributed by atoms with Gasteiger partial charge in [0, 0.05) is 33.5 Å². The summed E-state index contributed by atoms with van der Waals surface area (Å²) in [5, 5.41) is 5.59. The number of amides is 5. The molecule has 2 aliphatic rings. The Bertz CT molecular complexity index is 1580. The maximum Gasteiger partial charge on any atom is 0.325 e. The maximum absolute atomic E-state index is 14.7. The van der Waals surface area contributed by atoms with Crippen molar-refractivity contribution in [1.29, 1.82) is 0 Å². The maximum atomic E-state index is 14.7. The molecule has 2 heterocycles. The van der Waals surface area contributed by atoms with Gasteiger partial charge in [-0.3, -0.25) is 28.8 Å². The lowest BCUT2D eigenvalue weighted by Gasteiger charge is -2.38. The lowest BCUT2D eigenvalue weighted by atomic mass is 9.82. The predicted molar refractivity (Wildman–Crippen MR) is 196 cm³/mol. The Morgan fingerprint density at radius 1 is 0.808 bits per heavy atom. The Labute approximate surface area is 307 Å². The summed E-state index contributed by atoms with van der Waals surface area (Å²) in [6.07, 6.45) is 1.39. The van der Waals surface area contributed by atoms with Crippen LogP contribution in [0, 0.1) is 11.3 Å². The second-order valence-electron chi connectivity index (χ2n) is 14.9. The van der Waals surface area contributed by atoms with Crippen molar-refractivity contribution in [3.63, 3.8) is 0 Å². The van der Waals surface area contributed by atoms with Gasteiger partial charge in [-0.05, 0) is 50.2 Å². The lowest BCUT2D eigenvalue weighted by molar-refractivity contribution is -0.160. The van der Waals surface area contributed by atoms with Crippen molar-refractivity contribution in [2.45, 2.75) is 103 Å². The molecule has 0 aromatic heterocycles. The van der Waals surface area contributed by atoms with Crippen LogP contribution in [0.2, 0.25) is 0 Å². The van der Waals surface area contributed by atoms with Gasteiger partial charge in [-0.2, -0.15) is 0 Å². The normalized spacial score (nSPS) is 25.5. The molecule has 0 unspecified atom stereocenters.